The molecule has 0 bridgehead atoms. The van der Waals surface area contributed by atoms with Crippen LogP contribution in [0.1, 0.15) is 98.3 Å². The Morgan fingerprint density at radius 3 is 2.11 bits per heavy atom. The van der Waals surface area contributed by atoms with Gasteiger partial charge in [0.2, 0.25) is 0 Å². The first-order chi connectivity index (χ1) is 8.58. The second kappa shape index (κ2) is 8.23. The lowest BCUT2D eigenvalue weighted by Crippen LogP contribution is -2.23. The van der Waals surface area contributed by atoms with E-state index in [2.05, 4.69) is 27.7 Å². The van der Waals surface area contributed by atoms with Crippen LogP contribution in [0.3, 0.4) is 0 Å². The van der Waals surface area contributed by atoms with Gasteiger partial charge in [-0.15, -0.1) is 0 Å². The standard InChI is InChI=1S/C18H36/c1-5-18(13-7-6-8-14-18)15-12-17(4)11-9-10-16(2)3/h16-17H,5-15H2,1-4H3. The lowest BCUT2D eigenvalue weighted by Gasteiger charge is -2.37. The molecule has 0 radical (unpaired) electrons. The zero-order valence-corrected chi connectivity index (χ0v) is 13.4. The first kappa shape index (κ1) is 16.1. The minimum absolute atomic E-state index is 0.741. The summed E-state index contributed by atoms with van der Waals surface area (Å²) in [5, 5.41) is 0. The maximum Gasteiger partial charge on any atom is -0.0300 e. The van der Waals surface area contributed by atoms with Crippen LogP contribution in [0, 0.1) is 17.3 Å². The highest BCUT2D eigenvalue weighted by Crippen LogP contribution is 2.43. The van der Waals surface area contributed by atoms with Crippen LogP contribution in [0.15, 0.2) is 0 Å². The Balaban J connectivity index is 2.20. The molecule has 1 unspecified atom stereocenters. The molecule has 0 saturated heterocycles. The summed E-state index contributed by atoms with van der Waals surface area (Å²) in [5.74, 6) is 1.84. The van der Waals surface area contributed by atoms with Gasteiger partial charge in [0.1, 0.15) is 0 Å². The van der Waals surface area contributed by atoms with Gasteiger partial charge in [-0.25, -0.2) is 0 Å². The summed E-state index contributed by atoms with van der Waals surface area (Å²) in [6.07, 6.45) is 16.2. The molecule has 0 aromatic carbocycles. The number of hydrogen-bond acceptors (Lipinski definition) is 0. The van der Waals surface area contributed by atoms with E-state index < -0.39 is 0 Å². The summed E-state index contributed by atoms with van der Waals surface area (Å²) in [4.78, 5) is 0. The van der Waals surface area contributed by atoms with Crippen molar-refractivity contribution in [3.05, 3.63) is 0 Å². The largest absolute Gasteiger partial charge is 0.0649 e. The third-order valence-electron chi connectivity index (χ3n) is 5.31. The van der Waals surface area contributed by atoms with Gasteiger partial charge in [-0.1, -0.05) is 79.1 Å². The van der Waals surface area contributed by atoms with Gasteiger partial charge in [-0.05, 0) is 36.5 Å². The molecule has 1 aliphatic rings. The molecular formula is C18H36. The van der Waals surface area contributed by atoms with E-state index >= 15 is 0 Å². The van der Waals surface area contributed by atoms with Gasteiger partial charge in [0.25, 0.3) is 0 Å². The van der Waals surface area contributed by atoms with Crippen LogP contribution in [0.4, 0.5) is 0 Å². The van der Waals surface area contributed by atoms with Gasteiger partial charge in [0.05, 0.1) is 0 Å². The number of rotatable bonds is 8. The van der Waals surface area contributed by atoms with Crippen molar-refractivity contribution in [3.63, 3.8) is 0 Å². The van der Waals surface area contributed by atoms with Crippen molar-refractivity contribution in [2.75, 3.05) is 0 Å². The topological polar surface area (TPSA) is 0 Å². The highest BCUT2D eigenvalue weighted by Gasteiger charge is 2.29. The van der Waals surface area contributed by atoms with Crippen LogP contribution in [0.5, 0.6) is 0 Å². The molecule has 1 fully saturated rings. The molecule has 0 heteroatoms. The van der Waals surface area contributed by atoms with E-state index in [4.69, 9.17) is 0 Å². The molecule has 108 valence electrons. The molecule has 0 N–H and O–H groups in total. The fourth-order valence-corrected chi connectivity index (χ4v) is 3.65. The number of hydrogen-bond donors (Lipinski definition) is 0. The van der Waals surface area contributed by atoms with E-state index in [1.54, 1.807) is 0 Å². The highest BCUT2D eigenvalue weighted by molar-refractivity contribution is 4.82. The normalized spacial score (nSPS) is 21.2. The van der Waals surface area contributed by atoms with Gasteiger partial charge >= 0.3 is 0 Å². The Hall–Kier alpha value is 0. The molecule has 0 amide bonds. The summed E-state index contributed by atoms with van der Waals surface area (Å²) < 4.78 is 0. The van der Waals surface area contributed by atoms with E-state index in [0.29, 0.717) is 0 Å². The predicted molar refractivity (Wildman–Crippen MR) is 82.9 cm³/mol. The summed E-state index contributed by atoms with van der Waals surface area (Å²) in [6.45, 7) is 9.60. The van der Waals surface area contributed by atoms with Crippen LogP contribution in [0.25, 0.3) is 0 Å². The Kier molecular flexibility index (Phi) is 7.34. The van der Waals surface area contributed by atoms with Crippen molar-refractivity contribution >= 4 is 0 Å². The molecule has 0 spiro atoms. The Morgan fingerprint density at radius 2 is 1.56 bits per heavy atom. The first-order valence-electron chi connectivity index (χ1n) is 8.58. The van der Waals surface area contributed by atoms with Crippen molar-refractivity contribution < 1.29 is 0 Å². The molecule has 1 atom stereocenters. The second-order valence-electron chi connectivity index (χ2n) is 7.38. The van der Waals surface area contributed by atoms with Crippen molar-refractivity contribution in [2.45, 2.75) is 98.3 Å². The zero-order chi connectivity index (χ0) is 13.4. The summed E-state index contributed by atoms with van der Waals surface area (Å²) in [6, 6.07) is 0. The molecule has 1 rings (SSSR count). The van der Waals surface area contributed by atoms with Crippen molar-refractivity contribution in [2.24, 2.45) is 17.3 Å². The fraction of sp³-hybridized carbons (Fsp3) is 1.00. The van der Waals surface area contributed by atoms with Crippen LogP contribution in [0.2, 0.25) is 0 Å². The van der Waals surface area contributed by atoms with E-state index in [9.17, 15) is 0 Å². The molecule has 0 heterocycles. The van der Waals surface area contributed by atoms with E-state index in [-0.39, 0.29) is 0 Å². The minimum Gasteiger partial charge on any atom is -0.0649 e. The zero-order valence-electron chi connectivity index (χ0n) is 13.4. The van der Waals surface area contributed by atoms with Crippen LogP contribution in [-0.2, 0) is 0 Å². The monoisotopic (exact) mass is 252 g/mol. The molecular weight excluding hydrogens is 216 g/mol. The van der Waals surface area contributed by atoms with E-state index in [1.807, 2.05) is 0 Å². The Morgan fingerprint density at radius 1 is 0.889 bits per heavy atom. The SMILES string of the molecule is CCC1(CCC(C)CCCC(C)C)CCCCC1. The van der Waals surface area contributed by atoms with Crippen LogP contribution < -0.4 is 0 Å². The summed E-state index contributed by atoms with van der Waals surface area (Å²) in [7, 11) is 0. The van der Waals surface area contributed by atoms with Crippen molar-refractivity contribution in [1.82, 2.24) is 0 Å². The molecule has 0 aromatic rings. The summed E-state index contributed by atoms with van der Waals surface area (Å²) in [5.41, 5.74) is 0.741. The molecule has 1 saturated carbocycles. The minimum atomic E-state index is 0.741. The lowest BCUT2D eigenvalue weighted by atomic mass is 9.68. The molecule has 18 heavy (non-hydrogen) atoms. The third-order valence-corrected chi connectivity index (χ3v) is 5.31. The second-order valence-corrected chi connectivity index (χ2v) is 7.38. The molecule has 1 aliphatic carbocycles. The van der Waals surface area contributed by atoms with Gasteiger partial charge in [0, 0.05) is 0 Å². The van der Waals surface area contributed by atoms with Crippen molar-refractivity contribution in [1.29, 1.82) is 0 Å². The smallest absolute Gasteiger partial charge is 0.0300 e. The van der Waals surface area contributed by atoms with Crippen molar-refractivity contribution in [3.8, 4) is 0 Å². The highest BCUT2D eigenvalue weighted by atomic mass is 14.3. The lowest BCUT2D eigenvalue weighted by molar-refractivity contribution is 0.151. The van der Waals surface area contributed by atoms with Gasteiger partial charge in [-0.2, -0.15) is 0 Å². The van der Waals surface area contributed by atoms with Gasteiger partial charge in [0.15, 0.2) is 0 Å². The fourth-order valence-electron chi connectivity index (χ4n) is 3.65. The maximum atomic E-state index is 2.48. The average Bonchev–Trinajstić information content (AvgIpc) is 2.37. The maximum absolute atomic E-state index is 2.48. The average molecular weight is 252 g/mol. The Bertz CT molecular complexity index is 198. The molecule has 0 aliphatic heterocycles. The van der Waals surface area contributed by atoms with E-state index in [0.717, 1.165) is 17.3 Å². The van der Waals surface area contributed by atoms with Gasteiger partial charge < -0.3 is 0 Å². The first-order valence-corrected chi connectivity index (χ1v) is 8.58. The molecule has 0 aromatic heterocycles. The quantitative estimate of drug-likeness (QED) is 0.457. The van der Waals surface area contributed by atoms with E-state index in [1.165, 1.54) is 70.6 Å². The molecule has 0 nitrogen and oxygen atoms in total. The summed E-state index contributed by atoms with van der Waals surface area (Å²) >= 11 is 0. The predicted octanol–water partition coefficient (Wildman–Crippen LogP) is 6.59. The van der Waals surface area contributed by atoms with Crippen LogP contribution in [-0.4, -0.2) is 0 Å². The third kappa shape index (κ3) is 5.76. The van der Waals surface area contributed by atoms with Crippen LogP contribution >= 0.6 is 0 Å². The van der Waals surface area contributed by atoms with Gasteiger partial charge in [-0.3, -0.25) is 0 Å². The Labute approximate surface area is 116 Å².